The summed E-state index contributed by atoms with van der Waals surface area (Å²) in [7, 11) is 0. The first-order valence-corrected chi connectivity index (χ1v) is 11.2. The van der Waals surface area contributed by atoms with Crippen molar-refractivity contribution in [3.63, 3.8) is 0 Å². The van der Waals surface area contributed by atoms with Crippen molar-refractivity contribution in [1.29, 1.82) is 0 Å². The van der Waals surface area contributed by atoms with E-state index in [1.54, 1.807) is 28.0 Å². The van der Waals surface area contributed by atoms with Crippen LogP contribution in [0.4, 0.5) is 8.78 Å². The van der Waals surface area contributed by atoms with Gasteiger partial charge in [0.1, 0.15) is 18.0 Å². The number of hydrogen-bond donors (Lipinski definition) is 0. The number of carbonyl (C=O) groups excluding carboxylic acids is 2. The topological polar surface area (TPSA) is 49.9 Å². The molecule has 5 nitrogen and oxygen atoms in total. The van der Waals surface area contributed by atoms with Gasteiger partial charge in [0.2, 0.25) is 5.91 Å². The summed E-state index contributed by atoms with van der Waals surface area (Å²) in [5, 5.41) is 0.727. The number of rotatable bonds is 4. The lowest BCUT2D eigenvalue weighted by atomic mass is 10.1. The number of piperidine rings is 1. The fourth-order valence-electron chi connectivity index (χ4n) is 4.26. The Bertz CT molecular complexity index is 1010. The maximum Gasteiger partial charge on any atom is 0.254 e. The van der Waals surface area contributed by atoms with Crippen molar-refractivity contribution in [2.75, 3.05) is 19.6 Å². The van der Waals surface area contributed by atoms with E-state index in [-0.39, 0.29) is 23.7 Å². The van der Waals surface area contributed by atoms with Crippen LogP contribution in [0.15, 0.2) is 36.4 Å². The van der Waals surface area contributed by atoms with E-state index in [4.69, 9.17) is 27.9 Å². The molecule has 1 unspecified atom stereocenters. The molecule has 0 radical (unpaired) electrons. The minimum absolute atomic E-state index is 0.00363. The Morgan fingerprint density at radius 3 is 2.28 bits per heavy atom. The molecular weight excluding hydrogens is 461 g/mol. The van der Waals surface area contributed by atoms with Crippen LogP contribution in [0, 0.1) is 11.6 Å². The number of hydrogen-bond acceptors (Lipinski definition) is 3. The standard InChI is InChI=1S/C23H22Cl2F2N2O3/c24-15-10-14(11-16(25)12-15)22(30)29-7-1-2-20(29)23(31)28-8-5-18(6-9-28)32-21-4-3-17(26)13-19(21)27/h3-4,10-13,18,20H,1-2,5-9H2. The second kappa shape index (κ2) is 9.63. The molecule has 2 fully saturated rings. The molecule has 0 spiro atoms. The highest BCUT2D eigenvalue weighted by molar-refractivity contribution is 6.35. The molecule has 32 heavy (non-hydrogen) atoms. The van der Waals surface area contributed by atoms with Gasteiger partial charge in [0, 0.05) is 54.2 Å². The Hall–Kier alpha value is -2.38. The molecule has 1 atom stereocenters. The molecule has 4 rings (SSSR count). The first kappa shape index (κ1) is 22.8. The second-order valence-corrected chi connectivity index (χ2v) is 8.90. The third-order valence-corrected chi connectivity index (χ3v) is 6.29. The van der Waals surface area contributed by atoms with Gasteiger partial charge in [0.25, 0.3) is 5.91 Å². The molecule has 0 bridgehead atoms. The van der Waals surface area contributed by atoms with Gasteiger partial charge in [-0.1, -0.05) is 23.2 Å². The van der Waals surface area contributed by atoms with Crippen LogP contribution in [0.5, 0.6) is 5.75 Å². The lowest BCUT2D eigenvalue weighted by Gasteiger charge is -2.35. The SMILES string of the molecule is O=C(C1CCCN1C(=O)c1cc(Cl)cc(Cl)c1)N1CCC(Oc2ccc(F)cc2F)CC1. The third-order valence-electron chi connectivity index (χ3n) is 5.85. The molecular formula is C23H22Cl2F2N2O3. The predicted octanol–water partition coefficient (Wildman–Crippen LogP) is 4.95. The smallest absolute Gasteiger partial charge is 0.254 e. The lowest BCUT2D eigenvalue weighted by Crippen LogP contribution is -2.51. The lowest BCUT2D eigenvalue weighted by molar-refractivity contribution is -0.137. The maximum atomic E-state index is 13.8. The van der Waals surface area contributed by atoms with Gasteiger partial charge in [-0.05, 0) is 43.2 Å². The summed E-state index contributed by atoms with van der Waals surface area (Å²) in [6.45, 7) is 1.37. The molecule has 2 aromatic rings. The second-order valence-electron chi connectivity index (χ2n) is 8.03. The van der Waals surface area contributed by atoms with Crippen LogP contribution in [-0.4, -0.2) is 53.4 Å². The van der Waals surface area contributed by atoms with Gasteiger partial charge >= 0.3 is 0 Å². The van der Waals surface area contributed by atoms with Gasteiger partial charge in [-0.25, -0.2) is 8.78 Å². The van der Waals surface area contributed by atoms with Gasteiger partial charge in [-0.2, -0.15) is 0 Å². The van der Waals surface area contributed by atoms with E-state index in [1.807, 2.05) is 0 Å². The number of nitrogens with zero attached hydrogens (tertiary/aromatic N) is 2. The quantitative estimate of drug-likeness (QED) is 0.619. The zero-order valence-electron chi connectivity index (χ0n) is 17.2. The highest BCUT2D eigenvalue weighted by atomic mass is 35.5. The van der Waals surface area contributed by atoms with E-state index >= 15 is 0 Å². The largest absolute Gasteiger partial charge is 0.487 e. The maximum absolute atomic E-state index is 13.8. The average Bonchev–Trinajstić information content (AvgIpc) is 3.24. The zero-order chi connectivity index (χ0) is 22.8. The highest BCUT2D eigenvalue weighted by Gasteiger charge is 2.38. The summed E-state index contributed by atoms with van der Waals surface area (Å²) in [4.78, 5) is 29.5. The molecule has 0 aromatic heterocycles. The highest BCUT2D eigenvalue weighted by Crippen LogP contribution is 2.27. The summed E-state index contributed by atoms with van der Waals surface area (Å²) in [6, 6.07) is 7.32. The number of likely N-dealkylation sites (tertiary alicyclic amines) is 2. The van der Waals surface area contributed by atoms with E-state index in [0.29, 0.717) is 54.5 Å². The number of ether oxygens (including phenoxy) is 1. The van der Waals surface area contributed by atoms with E-state index in [2.05, 4.69) is 0 Å². The van der Waals surface area contributed by atoms with Gasteiger partial charge in [0.05, 0.1) is 0 Å². The van der Waals surface area contributed by atoms with E-state index < -0.39 is 17.7 Å². The van der Waals surface area contributed by atoms with Crippen molar-refractivity contribution in [3.8, 4) is 5.75 Å². The van der Waals surface area contributed by atoms with Crippen LogP contribution in [0.2, 0.25) is 10.0 Å². The fourth-order valence-corrected chi connectivity index (χ4v) is 4.79. The Labute approximate surface area is 194 Å². The zero-order valence-corrected chi connectivity index (χ0v) is 18.7. The summed E-state index contributed by atoms with van der Waals surface area (Å²) in [6.07, 6.45) is 2.10. The number of carbonyl (C=O) groups is 2. The molecule has 2 saturated heterocycles. The molecule has 2 aliphatic rings. The van der Waals surface area contributed by atoms with E-state index in [0.717, 1.165) is 18.6 Å². The predicted molar refractivity (Wildman–Crippen MR) is 117 cm³/mol. The van der Waals surface area contributed by atoms with Crippen LogP contribution in [0.1, 0.15) is 36.0 Å². The fraction of sp³-hybridized carbons (Fsp3) is 0.391. The molecule has 2 heterocycles. The van der Waals surface area contributed by atoms with Crippen LogP contribution >= 0.6 is 23.2 Å². The first-order valence-electron chi connectivity index (χ1n) is 10.5. The molecule has 0 aliphatic carbocycles. The van der Waals surface area contributed by atoms with Crippen LogP contribution < -0.4 is 4.74 Å². The van der Waals surface area contributed by atoms with E-state index in [1.165, 1.54) is 6.07 Å². The van der Waals surface area contributed by atoms with Gasteiger partial charge < -0.3 is 14.5 Å². The number of benzene rings is 2. The van der Waals surface area contributed by atoms with Gasteiger partial charge in [-0.3, -0.25) is 9.59 Å². The van der Waals surface area contributed by atoms with Crippen LogP contribution in [0.3, 0.4) is 0 Å². The van der Waals surface area contributed by atoms with Gasteiger partial charge in [0.15, 0.2) is 11.6 Å². The molecule has 2 aliphatic heterocycles. The molecule has 2 amide bonds. The summed E-state index contributed by atoms with van der Waals surface area (Å²) in [5.74, 6) is -1.77. The van der Waals surface area contributed by atoms with Gasteiger partial charge in [-0.15, -0.1) is 0 Å². The van der Waals surface area contributed by atoms with Crippen molar-refractivity contribution >= 4 is 35.0 Å². The van der Waals surface area contributed by atoms with Crippen molar-refractivity contribution in [1.82, 2.24) is 9.80 Å². The number of amides is 2. The van der Waals surface area contributed by atoms with Crippen molar-refractivity contribution in [2.24, 2.45) is 0 Å². The molecule has 9 heteroatoms. The molecule has 0 saturated carbocycles. The Morgan fingerprint density at radius 1 is 0.938 bits per heavy atom. The van der Waals surface area contributed by atoms with Crippen molar-refractivity contribution < 1.29 is 23.1 Å². The molecule has 2 aromatic carbocycles. The minimum atomic E-state index is -0.746. The normalized spacial score (nSPS) is 19.3. The Kier molecular flexibility index (Phi) is 6.86. The number of halogens is 4. The van der Waals surface area contributed by atoms with Crippen molar-refractivity contribution in [2.45, 2.75) is 37.8 Å². The summed E-state index contributed by atoms with van der Waals surface area (Å²) in [5.41, 5.74) is 0.357. The Morgan fingerprint density at radius 2 is 1.62 bits per heavy atom. The molecule has 170 valence electrons. The summed E-state index contributed by atoms with van der Waals surface area (Å²) >= 11 is 12.1. The monoisotopic (exact) mass is 482 g/mol. The van der Waals surface area contributed by atoms with Crippen molar-refractivity contribution in [3.05, 3.63) is 63.6 Å². The third kappa shape index (κ3) is 4.99. The Balaban J connectivity index is 1.37. The minimum Gasteiger partial charge on any atom is -0.487 e. The van der Waals surface area contributed by atoms with E-state index in [9.17, 15) is 18.4 Å². The van der Waals surface area contributed by atoms with Crippen LogP contribution in [-0.2, 0) is 4.79 Å². The molecule has 0 N–H and O–H groups in total. The first-order chi connectivity index (χ1) is 15.3. The average molecular weight is 483 g/mol. The van der Waals surface area contributed by atoms with Crippen LogP contribution in [0.25, 0.3) is 0 Å². The summed E-state index contributed by atoms with van der Waals surface area (Å²) < 4.78 is 32.6.